The van der Waals surface area contributed by atoms with Crippen LogP contribution in [0.2, 0.25) is 0 Å². The average molecular weight is 368 g/mol. The van der Waals surface area contributed by atoms with E-state index in [1.165, 1.54) is 11.3 Å². The minimum absolute atomic E-state index is 0.848. The van der Waals surface area contributed by atoms with Gasteiger partial charge < -0.3 is 9.80 Å². The van der Waals surface area contributed by atoms with Crippen LogP contribution in [0.5, 0.6) is 0 Å². The van der Waals surface area contributed by atoms with E-state index in [4.69, 9.17) is 4.98 Å². The number of nitrogens with zero attached hydrogens (tertiary/aromatic N) is 5. The Balaban J connectivity index is 2.35. The van der Waals surface area contributed by atoms with Crippen molar-refractivity contribution in [2.75, 3.05) is 48.5 Å². The molecule has 5 nitrogen and oxygen atoms in total. The lowest BCUT2D eigenvalue weighted by molar-refractivity contribution is 0.789. The molecule has 0 spiro atoms. The Labute approximate surface area is 164 Å². The quantitative estimate of drug-likeness (QED) is 0.481. The van der Waals surface area contributed by atoms with Gasteiger partial charge in [-0.1, -0.05) is 36.8 Å². The maximum Gasteiger partial charge on any atom is 0.153 e. The molecular formula is C22H33N5. The zero-order chi connectivity index (χ0) is 19.8. The Kier molecular flexibility index (Phi) is 7.65. The van der Waals surface area contributed by atoms with Gasteiger partial charge in [-0.25, -0.2) is 4.98 Å². The molecule has 27 heavy (non-hydrogen) atoms. The van der Waals surface area contributed by atoms with Crippen LogP contribution in [0.3, 0.4) is 0 Å². The molecule has 0 fully saturated rings. The maximum absolute atomic E-state index is 4.82. The van der Waals surface area contributed by atoms with Gasteiger partial charge in [-0.2, -0.15) is 5.10 Å². The van der Waals surface area contributed by atoms with E-state index in [1.807, 2.05) is 24.3 Å². The number of hydrazone groups is 1. The topological polar surface area (TPSA) is 35.0 Å². The lowest BCUT2D eigenvalue weighted by atomic mass is 10.2. The van der Waals surface area contributed by atoms with Gasteiger partial charge in [0.15, 0.2) is 5.82 Å². The van der Waals surface area contributed by atoms with Crippen molar-refractivity contribution in [1.82, 2.24) is 4.98 Å². The average Bonchev–Trinajstić information content (AvgIpc) is 2.69. The van der Waals surface area contributed by atoms with Crippen molar-refractivity contribution >= 4 is 23.5 Å². The second-order valence-corrected chi connectivity index (χ2v) is 6.82. The molecular weight excluding hydrogens is 334 g/mol. The van der Waals surface area contributed by atoms with Crippen molar-refractivity contribution in [3.05, 3.63) is 47.5 Å². The van der Waals surface area contributed by atoms with Gasteiger partial charge in [0.1, 0.15) is 5.82 Å². The Bertz CT molecular complexity index is 756. The van der Waals surface area contributed by atoms with Crippen LogP contribution in [0.25, 0.3) is 0 Å². The van der Waals surface area contributed by atoms with Gasteiger partial charge in [0.2, 0.25) is 0 Å². The number of aromatic nitrogens is 1. The molecule has 0 saturated heterocycles. The van der Waals surface area contributed by atoms with E-state index in [-0.39, 0.29) is 0 Å². The van der Waals surface area contributed by atoms with Crippen LogP contribution in [0.15, 0.2) is 41.5 Å². The predicted octanol–water partition coefficient (Wildman–Crippen LogP) is 4.55. The third-order valence-corrected chi connectivity index (χ3v) is 4.64. The maximum atomic E-state index is 4.82. The summed E-state index contributed by atoms with van der Waals surface area (Å²) >= 11 is 0. The van der Waals surface area contributed by atoms with Crippen molar-refractivity contribution in [2.45, 2.75) is 34.1 Å². The fourth-order valence-electron chi connectivity index (χ4n) is 2.90. The number of hydrogen-bond donors (Lipinski definition) is 0. The zero-order valence-corrected chi connectivity index (χ0v) is 17.6. The number of hydrogen-bond acceptors (Lipinski definition) is 5. The van der Waals surface area contributed by atoms with Gasteiger partial charge in [0.05, 0.1) is 6.21 Å². The SMILES string of the molecule is CCCN(CC)c1cc(N(C)CC)nc(N(C)/N=C/c2cccc(C)c2)c1. The summed E-state index contributed by atoms with van der Waals surface area (Å²) in [6.07, 6.45) is 3.00. The molecule has 0 N–H and O–H groups in total. The third kappa shape index (κ3) is 5.71. The molecule has 0 aliphatic carbocycles. The summed E-state index contributed by atoms with van der Waals surface area (Å²) in [5, 5.41) is 6.46. The summed E-state index contributed by atoms with van der Waals surface area (Å²) in [4.78, 5) is 9.37. The number of aryl methyl sites for hydroxylation is 1. The van der Waals surface area contributed by atoms with Gasteiger partial charge in [0, 0.05) is 51.5 Å². The van der Waals surface area contributed by atoms with Gasteiger partial charge in [-0.15, -0.1) is 0 Å². The van der Waals surface area contributed by atoms with Crippen LogP contribution in [0.1, 0.15) is 38.3 Å². The second kappa shape index (κ2) is 9.95. The highest BCUT2D eigenvalue weighted by atomic mass is 15.5. The smallest absolute Gasteiger partial charge is 0.153 e. The zero-order valence-electron chi connectivity index (χ0n) is 17.6. The molecule has 1 aromatic heterocycles. The fraction of sp³-hybridized carbons (Fsp3) is 0.455. The van der Waals surface area contributed by atoms with E-state index in [2.05, 4.69) is 80.0 Å². The van der Waals surface area contributed by atoms with Crippen LogP contribution in [-0.4, -0.2) is 44.9 Å². The minimum Gasteiger partial charge on any atom is -0.372 e. The highest BCUT2D eigenvalue weighted by Crippen LogP contribution is 2.26. The van der Waals surface area contributed by atoms with Gasteiger partial charge in [-0.05, 0) is 32.8 Å². The van der Waals surface area contributed by atoms with Crippen molar-refractivity contribution in [1.29, 1.82) is 0 Å². The Morgan fingerprint density at radius 2 is 1.74 bits per heavy atom. The highest BCUT2D eigenvalue weighted by molar-refractivity contribution is 5.80. The molecule has 5 heteroatoms. The summed E-state index contributed by atoms with van der Waals surface area (Å²) in [5.74, 6) is 1.82. The van der Waals surface area contributed by atoms with Gasteiger partial charge in [0.25, 0.3) is 0 Å². The van der Waals surface area contributed by atoms with Crippen LogP contribution in [0, 0.1) is 6.92 Å². The van der Waals surface area contributed by atoms with E-state index in [1.54, 1.807) is 0 Å². The Morgan fingerprint density at radius 3 is 2.37 bits per heavy atom. The highest BCUT2D eigenvalue weighted by Gasteiger charge is 2.12. The first-order valence-corrected chi connectivity index (χ1v) is 9.81. The monoisotopic (exact) mass is 367 g/mol. The molecule has 0 radical (unpaired) electrons. The minimum atomic E-state index is 0.848. The van der Waals surface area contributed by atoms with E-state index in [9.17, 15) is 0 Å². The summed E-state index contributed by atoms with van der Waals surface area (Å²) in [5.41, 5.74) is 3.51. The van der Waals surface area contributed by atoms with E-state index in [0.29, 0.717) is 0 Å². The molecule has 1 heterocycles. The molecule has 0 atom stereocenters. The molecule has 0 aliphatic rings. The summed E-state index contributed by atoms with van der Waals surface area (Å²) in [6.45, 7) is 11.5. The second-order valence-electron chi connectivity index (χ2n) is 6.82. The van der Waals surface area contributed by atoms with Crippen molar-refractivity contribution in [2.24, 2.45) is 5.10 Å². The lowest BCUT2D eigenvalue weighted by Gasteiger charge is -2.26. The fourth-order valence-corrected chi connectivity index (χ4v) is 2.90. The van der Waals surface area contributed by atoms with E-state index in [0.717, 1.165) is 43.3 Å². The largest absolute Gasteiger partial charge is 0.372 e. The molecule has 146 valence electrons. The van der Waals surface area contributed by atoms with Crippen LogP contribution in [-0.2, 0) is 0 Å². The Hall–Kier alpha value is -2.56. The standard InChI is InChI=1S/C22H33N5/c1-7-13-27(9-3)20-15-21(25(5)8-2)24-22(16-20)26(6)23-17-19-12-10-11-18(4)14-19/h10-12,14-17H,7-9,13H2,1-6H3/b23-17+. The first kappa shape index (κ1) is 20.7. The van der Waals surface area contributed by atoms with Crippen molar-refractivity contribution in [3.63, 3.8) is 0 Å². The number of anilines is 3. The van der Waals surface area contributed by atoms with Crippen LogP contribution < -0.4 is 14.8 Å². The first-order chi connectivity index (χ1) is 13.0. The number of pyridine rings is 1. The molecule has 1 aromatic carbocycles. The molecule has 2 rings (SSSR count). The molecule has 0 amide bonds. The first-order valence-electron chi connectivity index (χ1n) is 9.81. The third-order valence-electron chi connectivity index (χ3n) is 4.64. The van der Waals surface area contributed by atoms with Gasteiger partial charge in [-0.3, -0.25) is 5.01 Å². The summed E-state index contributed by atoms with van der Waals surface area (Å²) in [6, 6.07) is 12.6. The molecule has 0 saturated carbocycles. The van der Waals surface area contributed by atoms with E-state index >= 15 is 0 Å². The van der Waals surface area contributed by atoms with Crippen LogP contribution >= 0.6 is 0 Å². The number of benzene rings is 1. The van der Waals surface area contributed by atoms with Crippen LogP contribution in [0.4, 0.5) is 17.3 Å². The molecule has 0 aliphatic heterocycles. The molecule has 2 aromatic rings. The molecule has 0 unspecified atom stereocenters. The van der Waals surface area contributed by atoms with E-state index < -0.39 is 0 Å². The summed E-state index contributed by atoms with van der Waals surface area (Å²) in [7, 11) is 4.02. The summed E-state index contributed by atoms with van der Waals surface area (Å²) < 4.78 is 0. The molecule has 0 bridgehead atoms. The Morgan fingerprint density at radius 1 is 1.00 bits per heavy atom. The lowest BCUT2D eigenvalue weighted by Crippen LogP contribution is -2.25. The predicted molar refractivity (Wildman–Crippen MR) is 119 cm³/mol. The van der Waals surface area contributed by atoms with Crippen molar-refractivity contribution in [3.8, 4) is 0 Å². The van der Waals surface area contributed by atoms with Crippen molar-refractivity contribution < 1.29 is 0 Å². The normalized spacial score (nSPS) is 11.0. The van der Waals surface area contributed by atoms with Gasteiger partial charge >= 0.3 is 0 Å². The number of rotatable bonds is 9.